The van der Waals surface area contributed by atoms with E-state index in [4.69, 9.17) is 0 Å². The van der Waals surface area contributed by atoms with Gasteiger partial charge in [0.05, 0.1) is 11.4 Å². The molecule has 114 valence electrons. The summed E-state index contributed by atoms with van der Waals surface area (Å²) in [5, 5.41) is 2.90. The molecule has 5 heteroatoms. The summed E-state index contributed by atoms with van der Waals surface area (Å²) >= 11 is 1.53. The van der Waals surface area contributed by atoms with Crippen molar-refractivity contribution in [2.45, 2.75) is 31.6 Å². The average Bonchev–Trinajstić information content (AvgIpc) is 2.46. The maximum Gasteiger partial charge on any atom is 0.240 e. The SMILES string of the molecule is CC(C)CCCNC(=O)CN1C(=O)CSc2ccccc21. The lowest BCUT2D eigenvalue weighted by molar-refractivity contribution is -0.123. The van der Waals surface area contributed by atoms with Crippen molar-refractivity contribution in [1.82, 2.24) is 5.32 Å². The van der Waals surface area contributed by atoms with E-state index < -0.39 is 0 Å². The predicted octanol–water partition coefficient (Wildman–Crippen LogP) is 2.68. The van der Waals surface area contributed by atoms with E-state index in [1.165, 1.54) is 11.8 Å². The van der Waals surface area contributed by atoms with E-state index in [0.717, 1.165) is 23.4 Å². The Morgan fingerprint density at radius 1 is 1.38 bits per heavy atom. The third-order valence-corrected chi connectivity index (χ3v) is 4.44. The first-order chi connectivity index (χ1) is 10.1. The van der Waals surface area contributed by atoms with Gasteiger partial charge in [0.15, 0.2) is 0 Å². The minimum atomic E-state index is -0.0891. The zero-order valence-electron chi connectivity index (χ0n) is 12.6. The van der Waals surface area contributed by atoms with Crippen LogP contribution in [0.2, 0.25) is 0 Å². The van der Waals surface area contributed by atoms with E-state index in [2.05, 4.69) is 19.2 Å². The summed E-state index contributed by atoms with van der Waals surface area (Å²) in [6, 6.07) is 7.72. The number of anilines is 1. The van der Waals surface area contributed by atoms with E-state index in [9.17, 15) is 9.59 Å². The summed E-state index contributed by atoms with van der Waals surface area (Å²) in [5.74, 6) is 0.955. The lowest BCUT2D eigenvalue weighted by Crippen LogP contribution is -2.43. The number of hydrogen-bond donors (Lipinski definition) is 1. The maximum atomic E-state index is 12.0. The van der Waals surface area contributed by atoms with Gasteiger partial charge in [-0.1, -0.05) is 26.0 Å². The van der Waals surface area contributed by atoms with E-state index in [1.807, 2.05) is 24.3 Å². The molecule has 0 unspecified atom stereocenters. The molecule has 1 N–H and O–H groups in total. The van der Waals surface area contributed by atoms with E-state index in [0.29, 0.717) is 18.2 Å². The molecule has 21 heavy (non-hydrogen) atoms. The van der Waals surface area contributed by atoms with Crippen molar-refractivity contribution in [2.75, 3.05) is 23.7 Å². The minimum Gasteiger partial charge on any atom is -0.355 e. The highest BCUT2D eigenvalue weighted by molar-refractivity contribution is 8.00. The zero-order chi connectivity index (χ0) is 15.2. The van der Waals surface area contributed by atoms with Gasteiger partial charge in [-0.25, -0.2) is 0 Å². The number of carbonyl (C=O) groups is 2. The first kappa shape index (κ1) is 15.9. The van der Waals surface area contributed by atoms with Gasteiger partial charge in [0, 0.05) is 11.4 Å². The fraction of sp³-hybridized carbons (Fsp3) is 0.500. The molecule has 0 saturated heterocycles. The fourth-order valence-corrected chi connectivity index (χ4v) is 3.20. The molecule has 0 bridgehead atoms. The van der Waals surface area contributed by atoms with Crippen LogP contribution in [0.4, 0.5) is 5.69 Å². The second-order valence-corrected chi connectivity index (χ2v) is 6.64. The second-order valence-electron chi connectivity index (χ2n) is 5.62. The van der Waals surface area contributed by atoms with Gasteiger partial charge in [0.25, 0.3) is 0 Å². The van der Waals surface area contributed by atoms with Crippen LogP contribution in [0.5, 0.6) is 0 Å². The van der Waals surface area contributed by atoms with Crippen molar-refractivity contribution < 1.29 is 9.59 Å². The largest absolute Gasteiger partial charge is 0.355 e. The Balaban J connectivity index is 1.90. The molecule has 1 heterocycles. The molecule has 2 rings (SSSR count). The molecule has 0 radical (unpaired) electrons. The molecule has 0 fully saturated rings. The number of carbonyl (C=O) groups excluding carboxylic acids is 2. The summed E-state index contributed by atoms with van der Waals surface area (Å²) in [4.78, 5) is 26.7. The molecule has 1 aromatic rings. The topological polar surface area (TPSA) is 49.4 Å². The van der Waals surface area contributed by atoms with Crippen molar-refractivity contribution in [1.29, 1.82) is 0 Å². The second kappa shape index (κ2) is 7.50. The van der Waals surface area contributed by atoms with Crippen molar-refractivity contribution >= 4 is 29.3 Å². The molecule has 2 amide bonds. The number of para-hydroxylation sites is 1. The summed E-state index contributed by atoms with van der Waals surface area (Å²) in [6.45, 7) is 5.12. The van der Waals surface area contributed by atoms with Gasteiger partial charge in [-0.15, -0.1) is 11.8 Å². The standard InChI is InChI=1S/C16H22N2O2S/c1-12(2)6-5-9-17-15(19)10-18-13-7-3-4-8-14(13)21-11-16(18)20/h3-4,7-8,12H,5-6,9-11H2,1-2H3,(H,17,19). The average molecular weight is 306 g/mol. The van der Waals surface area contributed by atoms with Gasteiger partial charge < -0.3 is 10.2 Å². The van der Waals surface area contributed by atoms with Crippen LogP contribution in [0.25, 0.3) is 0 Å². The van der Waals surface area contributed by atoms with Crippen LogP contribution in [0.1, 0.15) is 26.7 Å². The van der Waals surface area contributed by atoms with Crippen molar-refractivity contribution in [3.8, 4) is 0 Å². The number of amides is 2. The number of rotatable bonds is 6. The monoisotopic (exact) mass is 306 g/mol. The van der Waals surface area contributed by atoms with Gasteiger partial charge in [0.2, 0.25) is 11.8 Å². The van der Waals surface area contributed by atoms with Gasteiger partial charge in [-0.05, 0) is 30.9 Å². The normalized spacial score (nSPS) is 14.2. The van der Waals surface area contributed by atoms with Crippen LogP contribution in [-0.2, 0) is 9.59 Å². The summed E-state index contributed by atoms with van der Waals surface area (Å²) in [5.41, 5.74) is 0.844. The minimum absolute atomic E-state index is 0.00368. The number of hydrogen-bond acceptors (Lipinski definition) is 3. The highest BCUT2D eigenvalue weighted by Gasteiger charge is 2.25. The Morgan fingerprint density at radius 3 is 2.90 bits per heavy atom. The molecule has 0 atom stereocenters. The van der Waals surface area contributed by atoms with E-state index in [-0.39, 0.29) is 18.4 Å². The van der Waals surface area contributed by atoms with E-state index >= 15 is 0 Å². The number of thioether (sulfide) groups is 1. The molecule has 1 aliphatic rings. The number of nitrogens with zero attached hydrogens (tertiary/aromatic N) is 1. The first-order valence-corrected chi connectivity index (χ1v) is 8.35. The molecule has 0 spiro atoms. The lowest BCUT2D eigenvalue weighted by Gasteiger charge is -2.28. The predicted molar refractivity (Wildman–Crippen MR) is 86.6 cm³/mol. The zero-order valence-corrected chi connectivity index (χ0v) is 13.4. The van der Waals surface area contributed by atoms with Crippen LogP contribution in [0, 0.1) is 5.92 Å². The van der Waals surface area contributed by atoms with Crippen LogP contribution in [0.15, 0.2) is 29.2 Å². The lowest BCUT2D eigenvalue weighted by atomic mass is 10.1. The quantitative estimate of drug-likeness (QED) is 0.822. The molecular formula is C16H22N2O2S. The van der Waals surface area contributed by atoms with Gasteiger partial charge in [-0.2, -0.15) is 0 Å². The van der Waals surface area contributed by atoms with Crippen molar-refractivity contribution in [2.24, 2.45) is 5.92 Å². The van der Waals surface area contributed by atoms with Gasteiger partial charge in [0.1, 0.15) is 6.54 Å². The molecule has 0 saturated carbocycles. The molecule has 1 aromatic carbocycles. The molecular weight excluding hydrogens is 284 g/mol. The number of benzene rings is 1. The van der Waals surface area contributed by atoms with Crippen molar-refractivity contribution in [3.63, 3.8) is 0 Å². The van der Waals surface area contributed by atoms with Crippen LogP contribution >= 0.6 is 11.8 Å². The Hall–Kier alpha value is -1.49. The first-order valence-electron chi connectivity index (χ1n) is 7.37. The van der Waals surface area contributed by atoms with Gasteiger partial charge >= 0.3 is 0 Å². The summed E-state index contributed by atoms with van der Waals surface area (Å²) in [7, 11) is 0. The molecule has 1 aliphatic heterocycles. The highest BCUT2D eigenvalue weighted by Crippen LogP contribution is 2.34. The molecule has 4 nitrogen and oxygen atoms in total. The fourth-order valence-electron chi connectivity index (χ4n) is 2.26. The number of nitrogens with one attached hydrogen (secondary N) is 1. The maximum absolute atomic E-state index is 12.0. The van der Waals surface area contributed by atoms with Crippen molar-refractivity contribution in [3.05, 3.63) is 24.3 Å². The smallest absolute Gasteiger partial charge is 0.240 e. The van der Waals surface area contributed by atoms with E-state index in [1.54, 1.807) is 4.90 Å². The summed E-state index contributed by atoms with van der Waals surface area (Å²) in [6.07, 6.45) is 2.08. The third kappa shape index (κ3) is 4.49. The number of fused-ring (bicyclic) bond motifs is 1. The Morgan fingerprint density at radius 2 is 2.14 bits per heavy atom. The Bertz CT molecular complexity index is 517. The Labute approximate surface area is 130 Å². The Kier molecular flexibility index (Phi) is 5.67. The third-order valence-electron chi connectivity index (χ3n) is 3.39. The highest BCUT2D eigenvalue weighted by atomic mass is 32.2. The van der Waals surface area contributed by atoms with Crippen LogP contribution < -0.4 is 10.2 Å². The summed E-state index contributed by atoms with van der Waals surface area (Å²) < 4.78 is 0. The van der Waals surface area contributed by atoms with Crippen LogP contribution in [0.3, 0.4) is 0 Å². The molecule has 0 aliphatic carbocycles. The van der Waals surface area contributed by atoms with Crippen LogP contribution in [-0.4, -0.2) is 30.7 Å². The molecule has 0 aromatic heterocycles. The van der Waals surface area contributed by atoms with Gasteiger partial charge in [-0.3, -0.25) is 9.59 Å².